The van der Waals surface area contributed by atoms with Crippen LogP contribution in [0.5, 0.6) is 0 Å². The molecule has 1 amide bonds. The molecule has 0 fully saturated rings. The number of carbonyl (C=O) groups excluding carboxylic acids is 1. The number of β-amino-alcohol motifs (C(OH)–C–C–N with tert-alkyl or cyclic N) is 1. The third-order valence-electron chi connectivity index (χ3n) is 4.13. The summed E-state index contributed by atoms with van der Waals surface area (Å²) in [5, 5.41) is 15.0. The monoisotopic (exact) mass is 330 g/mol. The Hall–Kier alpha value is -1.69. The number of benzene rings is 1. The lowest BCUT2D eigenvalue weighted by molar-refractivity contribution is -0.120. The van der Waals surface area contributed by atoms with Crippen LogP contribution in [0.4, 0.5) is 0 Å². The first-order chi connectivity index (χ1) is 11.2. The minimum absolute atomic E-state index is 0.0320. The summed E-state index contributed by atoms with van der Waals surface area (Å²) in [6.07, 6.45) is 0.877. The zero-order valence-electron chi connectivity index (χ0n) is 13.1. The molecular formula is C18H22N2O2S. The van der Waals surface area contributed by atoms with Crippen LogP contribution in [0.3, 0.4) is 0 Å². The number of nitrogens with zero attached hydrogens (tertiary/aromatic N) is 1. The van der Waals surface area contributed by atoms with E-state index in [9.17, 15) is 9.90 Å². The molecule has 0 bridgehead atoms. The molecule has 0 spiro atoms. The molecule has 2 heterocycles. The highest BCUT2D eigenvalue weighted by Crippen LogP contribution is 2.18. The van der Waals surface area contributed by atoms with Crippen LogP contribution in [0.2, 0.25) is 0 Å². The van der Waals surface area contributed by atoms with Crippen LogP contribution in [0.1, 0.15) is 16.0 Å². The molecule has 2 aromatic rings. The second kappa shape index (κ2) is 7.73. The van der Waals surface area contributed by atoms with Crippen molar-refractivity contribution in [3.8, 4) is 0 Å². The fourth-order valence-electron chi connectivity index (χ4n) is 2.94. The van der Waals surface area contributed by atoms with Gasteiger partial charge >= 0.3 is 0 Å². The van der Waals surface area contributed by atoms with E-state index < -0.39 is 6.10 Å². The zero-order chi connectivity index (χ0) is 16.1. The van der Waals surface area contributed by atoms with E-state index in [1.165, 1.54) is 11.1 Å². The average Bonchev–Trinajstić information content (AvgIpc) is 3.06. The number of nitrogens with one attached hydrogen (secondary N) is 1. The summed E-state index contributed by atoms with van der Waals surface area (Å²) in [5.41, 5.74) is 2.75. The van der Waals surface area contributed by atoms with E-state index in [1.807, 2.05) is 17.5 Å². The predicted molar refractivity (Wildman–Crippen MR) is 92.5 cm³/mol. The molecule has 5 heteroatoms. The molecule has 1 aliphatic heterocycles. The van der Waals surface area contributed by atoms with Crippen LogP contribution >= 0.6 is 11.3 Å². The van der Waals surface area contributed by atoms with Crippen molar-refractivity contribution in [2.45, 2.75) is 25.5 Å². The molecule has 1 atom stereocenters. The third kappa shape index (κ3) is 4.64. The van der Waals surface area contributed by atoms with Crippen molar-refractivity contribution < 1.29 is 9.90 Å². The van der Waals surface area contributed by atoms with Crippen molar-refractivity contribution in [1.82, 2.24) is 10.2 Å². The third-order valence-corrected chi connectivity index (χ3v) is 5.00. The Morgan fingerprint density at radius 2 is 2.09 bits per heavy atom. The lowest BCUT2D eigenvalue weighted by Crippen LogP contribution is -2.42. The second-order valence-corrected chi connectivity index (χ2v) is 7.00. The molecule has 122 valence electrons. The molecule has 1 aliphatic rings. The second-order valence-electron chi connectivity index (χ2n) is 5.97. The molecular weight excluding hydrogens is 308 g/mol. The molecule has 3 rings (SSSR count). The normalized spacial score (nSPS) is 15.9. The minimum atomic E-state index is -0.535. The molecule has 0 saturated heterocycles. The van der Waals surface area contributed by atoms with Gasteiger partial charge in [-0.05, 0) is 29.0 Å². The summed E-state index contributed by atoms with van der Waals surface area (Å²) in [7, 11) is 0. The van der Waals surface area contributed by atoms with Crippen molar-refractivity contribution in [1.29, 1.82) is 0 Å². The van der Waals surface area contributed by atoms with Crippen LogP contribution in [-0.4, -0.2) is 41.7 Å². The van der Waals surface area contributed by atoms with Gasteiger partial charge in [-0.1, -0.05) is 30.3 Å². The van der Waals surface area contributed by atoms with Gasteiger partial charge in [-0.25, -0.2) is 0 Å². The molecule has 0 aliphatic carbocycles. The van der Waals surface area contributed by atoms with Crippen LogP contribution in [0.15, 0.2) is 41.8 Å². The molecule has 1 aromatic carbocycles. The van der Waals surface area contributed by atoms with Gasteiger partial charge in [0, 0.05) is 31.1 Å². The summed E-state index contributed by atoms with van der Waals surface area (Å²) < 4.78 is 0. The van der Waals surface area contributed by atoms with E-state index in [1.54, 1.807) is 11.3 Å². The molecule has 2 N–H and O–H groups in total. The highest BCUT2D eigenvalue weighted by molar-refractivity contribution is 7.10. The predicted octanol–water partition coefficient (Wildman–Crippen LogP) is 1.83. The summed E-state index contributed by atoms with van der Waals surface area (Å²) in [6, 6.07) is 12.3. The minimum Gasteiger partial charge on any atom is -0.390 e. The standard InChI is InChI=1S/C18H22N2O2S/c21-16(11-19-18(22)10-17-6-3-9-23-17)13-20-8-7-14-4-1-2-5-15(14)12-20/h1-6,9,16,21H,7-8,10-13H2,(H,19,22). The number of carbonyl (C=O) groups is 1. The first-order valence-electron chi connectivity index (χ1n) is 7.97. The molecule has 4 nitrogen and oxygen atoms in total. The van der Waals surface area contributed by atoms with E-state index in [0.29, 0.717) is 19.5 Å². The maximum absolute atomic E-state index is 11.8. The van der Waals surface area contributed by atoms with Crippen molar-refractivity contribution in [2.24, 2.45) is 0 Å². The molecule has 0 radical (unpaired) electrons. The topological polar surface area (TPSA) is 52.6 Å². The summed E-state index contributed by atoms with van der Waals surface area (Å²) in [5.74, 6) is -0.0320. The van der Waals surface area contributed by atoms with Gasteiger partial charge in [0.2, 0.25) is 5.91 Å². The van der Waals surface area contributed by atoms with E-state index >= 15 is 0 Å². The van der Waals surface area contributed by atoms with Crippen LogP contribution in [0, 0.1) is 0 Å². The van der Waals surface area contributed by atoms with Crippen molar-refractivity contribution in [3.05, 3.63) is 57.8 Å². The number of aliphatic hydroxyl groups excluding tert-OH is 1. The van der Waals surface area contributed by atoms with Gasteiger partial charge in [-0.15, -0.1) is 11.3 Å². The Kier molecular flexibility index (Phi) is 5.43. The van der Waals surface area contributed by atoms with Crippen molar-refractivity contribution in [2.75, 3.05) is 19.6 Å². The first-order valence-corrected chi connectivity index (χ1v) is 8.85. The number of hydrogen-bond donors (Lipinski definition) is 2. The van der Waals surface area contributed by atoms with Crippen molar-refractivity contribution >= 4 is 17.2 Å². The maximum Gasteiger partial charge on any atom is 0.225 e. The van der Waals surface area contributed by atoms with Gasteiger partial charge in [0.15, 0.2) is 0 Å². The van der Waals surface area contributed by atoms with Gasteiger partial charge in [-0.3, -0.25) is 9.69 Å². The highest BCUT2D eigenvalue weighted by atomic mass is 32.1. The largest absolute Gasteiger partial charge is 0.390 e. The number of fused-ring (bicyclic) bond motifs is 1. The number of thiophene rings is 1. The summed E-state index contributed by atoms with van der Waals surface area (Å²) in [6.45, 7) is 2.73. The smallest absolute Gasteiger partial charge is 0.225 e. The lowest BCUT2D eigenvalue weighted by Gasteiger charge is -2.30. The SMILES string of the molecule is O=C(Cc1cccs1)NCC(O)CN1CCc2ccccc2C1. The van der Waals surface area contributed by atoms with Gasteiger partial charge in [0.05, 0.1) is 12.5 Å². The van der Waals surface area contributed by atoms with Crippen LogP contribution in [-0.2, 0) is 24.2 Å². The summed E-state index contributed by atoms with van der Waals surface area (Å²) in [4.78, 5) is 15.1. The van der Waals surface area contributed by atoms with E-state index in [2.05, 4.69) is 34.5 Å². The Morgan fingerprint density at radius 1 is 1.26 bits per heavy atom. The van der Waals surface area contributed by atoms with E-state index in [4.69, 9.17) is 0 Å². The molecule has 23 heavy (non-hydrogen) atoms. The van der Waals surface area contributed by atoms with Gasteiger partial charge in [0.25, 0.3) is 0 Å². The number of hydrogen-bond acceptors (Lipinski definition) is 4. The Bertz CT molecular complexity index is 642. The van der Waals surface area contributed by atoms with Crippen LogP contribution in [0.25, 0.3) is 0 Å². The van der Waals surface area contributed by atoms with Crippen molar-refractivity contribution in [3.63, 3.8) is 0 Å². The van der Waals surface area contributed by atoms with E-state index in [0.717, 1.165) is 24.4 Å². The Balaban J connectivity index is 1.41. The fraction of sp³-hybridized carbons (Fsp3) is 0.389. The first kappa shape index (κ1) is 16.2. The average molecular weight is 330 g/mol. The molecule has 1 unspecified atom stereocenters. The number of aliphatic hydroxyl groups is 1. The van der Waals surface area contributed by atoms with Gasteiger partial charge < -0.3 is 10.4 Å². The molecule has 0 saturated carbocycles. The quantitative estimate of drug-likeness (QED) is 0.850. The van der Waals surface area contributed by atoms with Crippen LogP contribution < -0.4 is 5.32 Å². The summed E-state index contributed by atoms with van der Waals surface area (Å²) >= 11 is 1.58. The number of amides is 1. The molecule has 1 aromatic heterocycles. The fourth-order valence-corrected chi connectivity index (χ4v) is 3.64. The van der Waals surface area contributed by atoms with Gasteiger partial charge in [0.1, 0.15) is 0 Å². The lowest BCUT2D eigenvalue weighted by atomic mass is 10.00. The zero-order valence-corrected chi connectivity index (χ0v) is 13.9. The highest BCUT2D eigenvalue weighted by Gasteiger charge is 2.18. The Morgan fingerprint density at radius 3 is 2.87 bits per heavy atom. The van der Waals surface area contributed by atoms with Gasteiger partial charge in [-0.2, -0.15) is 0 Å². The number of rotatable bonds is 6. The maximum atomic E-state index is 11.8. The van der Waals surface area contributed by atoms with E-state index in [-0.39, 0.29) is 5.91 Å². The Labute approximate surface area is 140 Å².